The summed E-state index contributed by atoms with van der Waals surface area (Å²) in [6.45, 7) is 5.85. The number of hydrogen-bond donors (Lipinski definition) is 1. The number of aliphatic hydroxyl groups excluding tert-OH is 1. The third kappa shape index (κ3) is 11.9. The maximum atomic E-state index is 11.5. The van der Waals surface area contributed by atoms with Crippen molar-refractivity contribution in [3.63, 3.8) is 0 Å². The van der Waals surface area contributed by atoms with Gasteiger partial charge in [-0.2, -0.15) is 0 Å². The molecule has 0 saturated carbocycles. The Kier molecular flexibility index (Phi) is 11.2. The molecule has 2 unspecified atom stereocenters. The third-order valence-electron chi connectivity index (χ3n) is 3.06. The zero-order valence-corrected chi connectivity index (χ0v) is 12.3. The van der Waals surface area contributed by atoms with Crippen LogP contribution >= 0.6 is 0 Å². The molecule has 0 aromatic carbocycles. The lowest BCUT2D eigenvalue weighted by atomic mass is 10.1. The highest BCUT2D eigenvalue weighted by Crippen LogP contribution is 2.10. The molecule has 0 aliphatic carbocycles. The summed E-state index contributed by atoms with van der Waals surface area (Å²) in [5, 5.41) is 9.14. The van der Waals surface area contributed by atoms with Crippen molar-refractivity contribution < 1.29 is 14.6 Å². The van der Waals surface area contributed by atoms with Gasteiger partial charge in [-0.25, -0.2) is 0 Å². The number of hydrogen-bond acceptors (Lipinski definition) is 3. The Morgan fingerprint density at radius 3 is 2.28 bits per heavy atom. The van der Waals surface area contributed by atoms with Crippen LogP contribution in [0.2, 0.25) is 0 Å². The highest BCUT2D eigenvalue weighted by atomic mass is 16.5. The highest BCUT2D eigenvalue weighted by Gasteiger charge is 2.10. The smallest absolute Gasteiger partial charge is 0.306 e. The van der Waals surface area contributed by atoms with Crippen LogP contribution in [0.3, 0.4) is 0 Å². The van der Waals surface area contributed by atoms with Crippen molar-refractivity contribution in [3.8, 4) is 0 Å². The molecule has 0 aliphatic heterocycles. The molecule has 0 spiro atoms. The molecule has 0 fully saturated rings. The van der Waals surface area contributed by atoms with E-state index in [1.54, 1.807) is 6.92 Å². The second-order valence-electron chi connectivity index (χ2n) is 5.24. The van der Waals surface area contributed by atoms with Crippen molar-refractivity contribution >= 4 is 5.97 Å². The zero-order valence-electron chi connectivity index (χ0n) is 12.3. The van der Waals surface area contributed by atoms with Crippen LogP contribution in [0.4, 0.5) is 0 Å². The summed E-state index contributed by atoms with van der Waals surface area (Å²) in [4.78, 5) is 11.5. The van der Waals surface area contributed by atoms with E-state index >= 15 is 0 Å². The molecule has 0 aromatic heterocycles. The summed E-state index contributed by atoms with van der Waals surface area (Å²) in [6, 6.07) is 0. The van der Waals surface area contributed by atoms with Gasteiger partial charge in [0, 0.05) is 6.42 Å². The molecular formula is C15H30O3. The average Bonchev–Trinajstić information content (AvgIpc) is 2.31. The molecular weight excluding hydrogens is 228 g/mol. The van der Waals surface area contributed by atoms with Gasteiger partial charge in [0.2, 0.25) is 0 Å². The fourth-order valence-electron chi connectivity index (χ4n) is 1.87. The Balaban J connectivity index is 3.41. The molecule has 3 heteroatoms. The molecule has 3 nitrogen and oxygen atoms in total. The molecule has 0 heterocycles. The summed E-state index contributed by atoms with van der Waals surface area (Å²) in [5.74, 6) is -0.0939. The van der Waals surface area contributed by atoms with Gasteiger partial charge in [0.1, 0.15) is 0 Å². The van der Waals surface area contributed by atoms with E-state index < -0.39 is 0 Å². The Morgan fingerprint density at radius 1 is 1.06 bits per heavy atom. The van der Waals surface area contributed by atoms with Crippen molar-refractivity contribution in [2.75, 3.05) is 0 Å². The van der Waals surface area contributed by atoms with Crippen LogP contribution in [0.5, 0.6) is 0 Å². The van der Waals surface area contributed by atoms with E-state index in [0.29, 0.717) is 12.8 Å². The minimum Gasteiger partial charge on any atom is -0.463 e. The largest absolute Gasteiger partial charge is 0.463 e. The van der Waals surface area contributed by atoms with Gasteiger partial charge in [0.25, 0.3) is 0 Å². The van der Waals surface area contributed by atoms with E-state index in [1.165, 1.54) is 25.7 Å². The molecule has 1 N–H and O–H groups in total. The second kappa shape index (κ2) is 11.5. The third-order valence-corrected chi connectivity index (χ3v) is 3.06. The summed E-state index contributed by atoms with van der Waals surface area (Å²) in [5.41, 5.74) is 0. The molecule has 0 aromatic rings. The Hall–Kier alpha value is -0.570. The van der Waals surface area contributed by atoms with Gasteiger partial charge in [-0.1, -0.05) is 39.0 Å². The number of rotatable bonds is 11. The number of aliphatic hydroxyl groups is 1. The Morgan fingerprint density at radius 2 is 1.67 bits per heavy atom. The van der Waals surface area contributed by atoms with Gasteiger partial charge in [0.15, 0.2) is 0 Å². The number of unbranched alkanes of at least 4 members (excludes halogenated alkanes) is 5. The van der Waals surface area contributed by atoms with Gasteiger partial charge >= 0.3 is 5.97 Å². The van der Waals surface area contributed by atoms with Crippen molar-refractivity contribution in [2.45, 2.75) is 90.8 Å². The topological polar surface area (TPSA) is 46.5 Å². The predicted molar refractivity (Wildman–Crippen MR) is 74.5 cm³/mol. The van der Waals surface area contributed by atoms with Crippen LogP contribution in [0, 0.1) is 0 Å². The lowest BCUT2D eigenvalue weighted by Gasteiger charge is -2.14. The molecule has 108 valence electrons. The normalized spacial score (nSPS) is 14.2. The molecule has 18 heavy (non-hydrogen) atoms. The first-order valence-electron chi connectivity index (χ1n) is 7.43. The van der Waals surface area contributed by atoms with Crippen molar-refractivity contribution in [1.29, 1.82) is 0 Å². The molecule has 0 radical (unpaired) electrons. The Bertz CT molecular complexity index is 202. The monoisotopic (exact) mass is 258 g/mol. The van der Waals surface area contributed by atoms with E-state index in [1.807, 2.05) is 6.92 Å². The van der Waals surface area contributed by atoms with Gasteiger partial charge in [0.05, 0.1) is 12.2 Å². The van der Waals surface area contributed by atoms with Crippen molar-refractivity contribution in [2.24, 2.45) is 0 Å². The van der Waals surface area contributed by atoms with Gasteiger partial charge in [-0.3, -0.25) is 4.79 Å². The number of esters is 1. The Labute approximate surface area is 112 Å². The number of carbonyl (C=O) groups excluding carboxylic acids is 1. The SMILES string of the molecule is CCCCCCCCC(=O)OC(C)CCC(C)O. The van der Waals surface area contributed by atoms with Crippen molar-refractivity contribution in [1.82, 2.24) is 0 Å². The minimum atomic E-state index is -0.315. The maximum Gasteiger partial charge on any atom is 0.306 e. The summed E-state index contributed by atoms with van der Waals surface area (Å²) < 4.78 is 5.28. The van der Waals surface area contributed by atoms with E-state index in [2.05, 4.69) is 6.92 Å². The van der Waals surface area contributed by atoms with Crippen LogP contribution in [-0.2, 0) is 9.53 Å². The second-order valence-corrected chi connectivity index (χ2v) is 5.24. The number of carbonyl (C=O) groups is 1. The minimum absolute atomic E-state index is 0.0767. The van der Waals surface area contributed by atoms with Crippen LogP contribution in [0.25, 0.3) is 0 Å². The fourth-order valence-corrected chi connectivity index (χ4v) is 1.87. The summed E-state index contributed by atoms with van der Waals surface area (Å²) in [7, 11) is 0. The molecule has 0 aliphatic rings. The standard InChI is InChI=1S/C15H30O3/c1-4-5-6-7-8-9-10-15(17)18-14(3)12-11-13(2)16/h13-14,16H,4-12H2,1-3H3. The summed E-state index contributed by atoms with van der Waals surface area (Å²) in [6.07, 6.45) is 8.66. The molecule has 0 saturated heterocycles. The van der Waals surface area contributed by atoms with E-state index in [-0.39, 0.29) is 18.2 Å². The summed E-state index contributed by atoms with van der Waals surface area (Å²) >= 11 is 0. The molecule has 2 atom stereocenters. The van der Waals surface area contributed by atoms with E-state index in [0.717, 1.165) is 19.3 Å². The predicted octanol–water partition coefficient (Wildman–Crippen LogP) is 3.83. The highest BCUT2D eigenvalue weighted by molar-refractivity contribution is 5.69. The fraction of sp³-hybridized carbons (Fsp3) is 0.933. The van der Waals surface area contributed by atoms with E-state index in [9.17, 15) is 4.79 Å². The lowest BCUT2D eigenvalue weighted by molar-refractivity contribution is -0.148. The maximum absolute atomic E-state index is 11.5. The quantitative estimate of drug-likeness (QED) is 0.452. The van der Waals surface area contributed by atoms with Gasteiger partial charge in [-0.15, -0.1) is 0 Å². The van der Waals surface area contributed by atoms with Crippen LogP contribution < -0.4 is 0 Å². The van der Waals surface area contributed by atoms with E-state index in [4.69, 9.17) is 9.84 Å². The first kappa shape index (κ1) is 17.4. The van der Waals surface area contributed by atoms with Crippen LogP contribution in [-0.4, -0.2) is 23.3 Å². The van der Waals surface area contributed by atoms with Crippen molar-refractivity contribution in [3.05, 3.63) is 0 Å². The van der Waals surface area contributed by atoms with Gasteiger partial charge in [-0.05, 0) is 33.1 Å². The number of ether oxygens (including phenoxy) is 1. The average molecular weight is 258 g/mol. The lowest BCUT2D eigenvalue weighted by Crippen LogP contribution is -2.16. The first-order chi connectivity index (χ1) is 8.56. The molecule has 0 rings (SSSR count). The molecule has 0 bridgehead atoms. The van der Waals surface area contributed by atoms with Crippen LogP contribution in [0.15, 0.2) is 0 Å². The molecule has 0 amide bonds. The van der Waals surface area contributed by atoms with Crippen LogP contribution in [0.1, 0.15) is 78.6 Å². The first-order valence-corrected chi connectivity index (χ1v) is 7.43. The van der Waals surface area contributed by atoms with Gasteiger partial charge < -0.3 is 9.84 Å². The zero-order chi connectivity index (χ0) is 13.8.